The summed E-state index contributed by atoms with van der Waals surface area (Å²) in [4.78, 5) is 25.5. The van der Waals surface area contributed by atoms with E-state index in [2.05, 4.69) is 0 Å². The minimum Gasteiger partial charge on any atom is -0.507 e. The standard InChI is InChI=1S/C20H8Cl4O7/c21-5-1-7-14(25)12(19(27)29-15(7)9(23)3-5)11-13-17(31-18(11)26)8-2-6(22)4-10(24)16(8)30-20(13)28/h1-4,11,18,25-26H. The molecule has 0 spiro atoms. The van der Waals surface area contributed by atoms with Gasteiger partial charge in [0.2, 0.25) is 6.29 Å². The zero-order chi connectivity index (χ0) is 22.2. The molecule has 2 aromatic carbocycles. The number of ether oxygens (including phenoxy) is 1. The number of hydrogen-bond donors (Lipinski definition) is 2. The molecule has 2 unspecified atom stereocenters. The smallest absolute Gasteiger partial charge is 0.344 e. The molecule has 4 aromatic rings. The molecular formula is C20H8Cl4O7. The number of hydrogen-bond acceptors (Lipinski definition) is 7. The van der Waals surface area contributed by atoms with E-state index in [1.807, 2.05) is 0 Å². The normalized spacial score (nSPS) is 17.8. The molecule has 5 rings (SSSR count). The zero-order valence-electron chi connectivity index (χ0n) is 14.9. The first-order chi connectivity index (χ1) is 14.7. The second-order valence-corrected chi connectivity index (χ2v) is 8.49. The van der Waals surface area contributed by atoms with Crippen molar-refractivity contribution in [3.63, 3.8) is 0 Å². The van der Waals surface area contributed by atoms with E-state index in [4.69, 9.17) is 60.0 Å². The van der Waals surface area contributed by atoms with Gasteiger partial charge in [-0.05, 0) is 24.3 Å². The van der Waals surface area contributed by atoms with E-state index in [0.717, 1.165) is 0 Å². The molecule has 0 amide bonds. The van der Waals surface area contributed by atoms with Crippen LogP contribution in [0.4, 0.5) is 0 Å². The number of halogens is 4. The van der Waals surface area contributed by atoms with Crippen LogP contribution < -0.4 is 16.0 Å². The lowest BCUT2D eigenvalue weighted by Crippen LogP contribution is -2.26. The van der Waals surface area contributed by atoms with Gasteiger partial charge in [0.25, 0.3) is 0 Å². The molecule has 11 heteroatoms. The van der Waals surface area contributed by atoms with Crippen molar-refractivity contribution in [1.82, 2.24) is 0 Å². The van der Waals surface area contributed by atoms with Crippen LogP contribution in [-0.4, -0.2) is 16.5 Å². The lowest BCUT2D eigenvalue weighted by atomic mass is 9.92. The van der Waals surface area contributed by atoms with Crippen LogP contribution >= 0.6 is 46.4 Å². The van der Waals surface area contributed by atoms with Crippen molar-refractivity contribution < 1.29 is 23.8 Å². The van der Waals surface area contributed by atoms with Gasteiger partial charge in [0.1, 0.15) is 11.5 Å². The number of aromatic hydroxyl groups is 1. The Hall–Kier alpha value is -2.42. The van der Waals surface area contributed by atoms with Gasteiger partial charge in [-0.1, -0.05) is 46.4 Å². The monoisotopic (exact) mass is 500 g/mol. The largest absolute Gasteiger partial charge is 0.507 e. The van der Waals surface area contributed by atoms with Gasteiger partial charge in [-0.3, -0.25) is 0 Å². The van der Waals surface area contributed by atoms with Gasteiger partial charge >= 0.3 is 11.3 Å². The van der Waals surface area contributed by atoms with Gasteiger partial charge in [0.05, 0.1) is 37.9 Å². The summed E-state index contributed by atoms with van der Waals surface area (Å²) in [5.74, 6) is -2.07. The van der Waals surface area contributed by atoms with E-state index in [0.29, 0.717) is 0 Å². The van der Waals surface area contributed by atoms with Crippen LogP contribution in [0.5, 0.6) is 11.5 Å². The molecule has 31 heavy (non-hydrogen) atoms. The lowest BCUT2D eigenvalue weighted by molar-refractivity contribution is -0.00987. The van der Waals surface area contributed by atoms with Gasteiger partial charge in [0, 0.05) is 10.0 Å². The topological polar surface area (TPSA) is 110 Å². The Balaban J connectivity index is 1.86. The van der Waals surface area contributed by atoms with E-state index in [1.54, 1.807) is 0 Å². The van der Waals surface area contributed by atoms with E-state index >= 15 is 0 Å². The molecule has 0 radical (unpaired) electrons. The molecule has 0 fully saturated rings. The van der Waals surface area contributed by atoms with Crippen LogP contribution in [0.2, 0.25) is 20.1 Å². The number of fused-ring (bicyclic) bond motifs is 4. The van der Waals surface area contributed by atoms with E-state index < -0.39 is 34.8 Å². The first kappa shape index (κ1) is 20.5. The number of rotatable bonds is 1. The van der Waals surface area contributed by atoms with Gasteiger partial charge in [0.15, 0.2) is 11.2 Å². The molecule has 2 atom stereocenters. The Labute approximate surface area is 191 Å². The SMILES string of the molecule is O=c1oc2c(Cl)cc(Cl)cc2c(O)c1C1c2c(c3cc(Cl)cc(Cl)c3oc2=O)OC1O. The zero-order valence-corrected chi connectivity index (χ0v) is 17.9. The number of aliphatic hydroxyl groups excluding tert-OH is 1. The maximum Gasteiger partial charge on any atom is 0.344 e. The average molecular weight is 502 g/mol. The molecule has 158 valence electrons. The molecule has 0 saturated heterocycles. The predicted molar refractivity (Wildman–Crippen MR) is 115 cm³/mol. The second-order valence-electron chi connectivity index (χ2n) is 6.80. The van der Waals surface area contributed by atoms with Crippen LogP contribution in [0.1, 0.15) is 17.0 Å². The summed E-state index contributed by atoms with van der Waals surface area (Å²) >= 11 is 24.2. The second kappa shape index (κ2) is 7.05. The summed E-state index contributed by atoms with van der Waals surface area (Å²) in [6.07, 6.45) is -1.72. The molecule has 7 nitrogen and oxygen atoms in total. The maximum absolute atomic E-state index is 12.8. The fraction of sp³-hybridized carbons (Fsp3) is 0.100. The predicted octanol–water partition coefficient (Wildman–Crippen LogP) is 5.06. The van der Waals surface area contributed by atoms with Crippen molar-refractivity contribution in [1.29, 1.82) is 0 Å². The molecule has 2 aromatic heterocycles. The average Bonchev–Trinajstić information content (AvgIpc) is 3.02. The number of aliphatic hydroxyl groups is 1. The fourth-order valence-electron chi connectivity index (χ4n) is 3.74. The molecule has 1 aliphatic rings. The Morgan fingerprint density at radius 1 is 0.774 bits per heavy atom. The Kier molecular flexibility index (Phi) is 4.66. The molecule has 1 aliphatic heterocycles. The third-order valence-corrected chi connectivity index (χ3v) is 5.99. The van der Waals surface area contributed by atoms with Crippen molar-refractivity contribution in [2.75, 3.05) is 0 Å². The highest BCUT2D eigenvalue weighted by Gasteiger charge is 2.43. The maximum atomic E-state index is 12.8. The summed E-state index contributed by atoms with van der Waals surface area (Å²) in [6.45, 7) is 0. The fourth-order valence-corrected chi connectivity index (χ4v) is 4.80. The first-order valence-corrected chi connectivity index (χ1v) is 10.1. The van der Waals surface area contributed by atoms with Crippen molar-refractivity contribution >= 4 is 68.3 Å². The van der Waals surface area contributed by atoms with Crippen LogP contribution in [-0.2, 0) is 0 Å². The Morgan fingerprint density at radius 3 is 1.90 bits per heavy atom. The van der Waals surface area contributed by atoms with Gasteiger partial charge in [-0.15, -0.1) is 0 Å². The van der Waals surface area contributed by atoms with Gasteiger partial charge in [-0.25, -0.2) is 9.59 Å². The van der Waals surface area contributed by atoms with E-state index in [-0.39, 0.29) is 53.3 Å². The molecule has 0 bridgehead atoms. The molecule has 2 N–H and O–H groups in total. The summed E-state index contributed by atoms with van der Waals surface area (Å²) in [7, 11) is 0. The van der Waals surface area contributed by atoms with E-state index in [1.165, 1.54) is 24.3 Å². The molecule has 0 saturated carbocycles. The quantitative estimate of drug-likeness (QED) is 0.350. The highest BCUT2D eigenvalue weighted by molar-refractivity contribution is 6.39. The van der Waals surface area contributed by atoms with Crippen LogP contribution in [0, 0.1) is 0 Å². The minimum atomic E-state index is -1.72. The minimum absolute atomic E-state index is 0.000128. The van der Waals surface area contributed by atoms with Crippen LogP contribution in [0.15, 0.2) is 42.7 Å². The van der Waals surface area contributed by atoms with Crippen molar-refractivity contribution in [3.05, 3.63) is 76.3 Å². The highest BCUT2D eigenvalue weighted by Crippen LogP contribution is 2.47. The Morgan fingerprint density at radius 2 is 1.29 bits per heavy atom. The summed E-state index contributed by atoms with van der Waals surface area (Å²) in [6, 6.07) is 5.48. The lowest BCUT2D eigenvalue weighted by Gasteiger charge is -2.15. The van der Waals surface area contributed by atoms with E-state index in [9.17, 15) is 19.8 Å². The number of benzene rings is 2. The third-order valence-electron chi connectivity index (χ3n) is 4.99. The molecular weight excluding hydrogens is 494 g/mol. The van der Waals surface area contributed by atoms with Crippen LogP contribution in [0.25, 0.3) is 21.9 Å². The summed E-state index contributed by atoms with van der Waals surface area (Å²) in [5.41, 5.74) is -2.68. The van der Waals surface area contributed by atoms with Crippen molar-refractivity contribution in [2.45, 2.75) is 12.2 Å². The summed E-state index contributed by atoms with van der Waals surface area (Å²) in [5, 5.41) is 22.1. The first-order valence-electron chi connectivity index (χ1n) is 8.62. The van der Waals surface area contributed by atoms with Crippen molar-refractivity contribution in [2.24, 2.45) is 0 Å². The third kappa shape index (κ3) is 3.00. The van der Waals surface area contributed by atoms with Crippen LogP contribution in [0.3, 0.4) is 0 Å². The van der Waals surface area contributed by atoms with Crippen molar-refractivity contribution in [3.8, 4) is 11.5 Å². The molecule has 3 heterocycles. The Bertz CT molecular complexity index is 1540. The summed E-state index contributed by atoms with van der Waals surface area (Å²) < 4.78 is 16.0. The molecule has 0 aliphatic carbocycles. The van der Waals surface area contributed by atoms with Gasteiger partial charge in [-0.2, -0.15) is 0 Å². The highest BCUT2D eigenvalue weighted by atomic mass is 35.5. The van der Waals surface area contributed by atoms with Gasteiger partial charge < -0.3 is 23.8 Å².